The third kappa shape index (κ3) is 4.54. The van der Waals surface area contributed by atoms with Crippen LogP contribution in [0.1, 0.15) is 48.8 Å². The fourth-order valence-corrected chi connectivity index (χ4v) is 4.96. The summed E-state index contributed by atoms with van der Waals surface area (Å²) in [6, 6.07) is 30.7. The smallest absolute Gasteiger partial charge is 0.113 e. The molecule has 0 bridgehead atoms. The van der Waals surface area contributed by atoms with Crippen LogP contribution in [-0.4, -0.2) is 39.5 Å². The van der Waals surface area contributed by atoms with E-state index in [-0.39, 0.29) is 0 Å². The van der Waals surface area contributed by atoms with E-state index in [0.29, 0.717) is 12.0 Å². The lowest BCUT2D eigenvalue weighted by Gasteiger charge is -2.32. The molecule has 1 aliphatic heterocycles. The lowest BCUT2D eigenvalue weighted by atomic mass is 9.87. The van der Waals surface area contributed by atoms with Gasteiger partial charge >= 0.3 is 0 Å². The summed E-state index contributed by atoms with van der Waals surface area (Å²) in [4.78, 5) is 2.63. The van der Waals surface area contributed by atoms with Crippen molar-refractivity contribution >= 4 is 11.0 Å². The van der Waals surface area contributed by atoms with Crippen LogP contribution in [-0.2, 0) is 0 Å². The third-order valence-corrected chi connectivity index (χ3v) is 6.65. The van der Waals surface area contributed by atoms with Crippen molar-refractivity contribution in [1.29, 1.82) is 0 Å². The average molecular weight is 411 g/mol. The summed E-state index contributed by atoms with van der Waals surface area (Å²) in [7, 11) is 0. The van der Waals surface area contributed by atoms with Crippen molar-refractivity contribution in [2.24, 2.45) is 0 Å². The normalized spacial score (nSPS) is 15.6. The van der Waals surface area contributed by atoms with Crippen LogP contribution in [0.5, 0.6) is 0 Å². The third-order valence-electron chi connectivity index (χ3n) is 6.65. The topological polar surface area (TPSA) is 34.0 Å². The highest BCUT2D eigenvalue weighted by Crippen LogP contribution is 2.30. The molecule has 0 saturated carbocycles. The molecule has 0 N–H and O–H groups in total. The molecular formula is C27H30N4. The summed E-state index contributed by atoms with van der Waals surface area (Å²) >= 11 is 0. The van der Waals surface area contributed by atoms with E-state index in [2.05, 4.69) is 92.7 Å². The molecule has 0 amide bonds. The predicted molar refractivity (Wildman–Crippen MR) is 126 cm³/mol. The van der Waals surface area contributed by atoms with Crippen molar-refractivity contribution < 1.29 is 0 Å². The molecule has 0 unspecified atom stereocenters. The number of hydrogen-bond acceptors (Lipinski definition) is 3. The van der Waals surface area contributed by atoms with E-state index in [4.69, 9.17) is 0 Å². The first-order valence-corrected chi connectivity index (χ1v) is 11.5. The van der Waals surface area contributed by atoms with Crippen LogP contribution in [0.25, 0.3) is 11.0 Å². The molecular weight excluding hydrogens is 380 g/mol. The number of hydrogen-bond donors (Lipinski definition) is 0. The van der Waals surface area contributed by atoms with E-state index >= 15 is 0 Å². The Morgan fingerprint density at radius 1 is 0.774 bits per heavy atom. The SMILES string of the molecule is c1ccc(C(CCCN2CCC(n3nnc4ccccc43)CC2)c2ccccc2)cc1. The maximum Gasteiger partial charge on any atom is 0.113 e. The van der Waals surface area contributed by atoms with Gasteiger partial charge in [-0.05, 0) is 55.5 Å². The molecule has 158 valence electrons. The van der Waals surface area contributed by atoms with Crippen molar-refractivity contribution in [3.63, 3.8) is 0 Å². The van der Waals surface area contributed by atoms with Gasteiger partial charge in [0.2, 0.25) is 0 Å². The maximum atomic E-state index is 4.44. The van der Waals surface area contributed by atoms with Gasteiger partial charge in [-0.2, -0.15) is 0 Å². The van der Waals surface area contributed by atoms with Gasteiger partial charge in [0, 0.05) is 19.0 Å². The number of nitrogens with zero attached hydrogens (tertiary/aromatic N) is 4. The molecule has 1 fully saturated rings. The number of aromatic nitrogens is 3. The lowest BCUT2D eigenvalue weighted by Crippen LogP contribution is -2.35. The van der Waals surface area contributed by atoms with Gasteiger partial charge in [0.25, 0.3) is 0 Å². The van der Waals surface area contributed by atoms with E-state index in [0.717, 1.165) is 37.0 Å². The molecule has 2 heterocycles. The zero-order valence-corrected chi connectivity index (χ0v) is 18.0. The molecule has 4 aromatic rings. The summed E-state index contributed by atoms with van der Waals surface area (Å²) in [6.07, 6.45) is 4.69. The van der Waals surface area contributed by atoms with Gasteiger partial charge in [-0.1, -0.05) is 78.0 Å². The van der Waals surface area contributed by atoms with Gasteiger partial charge in [-0.25, -0.2) is 4.68 Å². The Hall–Kier alpha value is -2.98. The molecule has 4 heteroatoms. The second-order valence-corrected chi connectivity index (χ2v) is 8.61. The molecule has 4 nitrogen and oxygen atoms in total. The van der Waals surface area contributed by atoms with Crippen LogP contribution >= 0.6 is 0 Å². The minimum Gasteiger partial charge on any atom is -0.303 e. The number of benzene rings is 3. The van der Waals surface area contributed by atoms with Crippen LogP contribution < -0.4 is 0 Å². The first kappa shape index (κ1) is 20.0. The zero-order chi connectivity index (χ0) is 20.9. The Balaban J connectivity index is 1.17. The molecule has 0 atom stereocenters. The van der Waals surface area contributed by atoms with Gasteiger partial charge in [0.05, 0.1) is 11.6 Å². The summed E-state index contributed by atoms with van der Waals surface area (Å²) < 4.78 is 2.15. The monoisotopic (exact) mass is 410 g/mol. The van der Waals surface area contributed by atoms with Gasteiger partial charge < -0.3 is 4.90 Å². The minimum atomic E-state index is 0.463. The van der Waals surface area contributed by atoms with E-state index in [9.17, 15) is 0 Å². The van der Waals surface area contributed by atoms with E-state index in [1.165, 1.54) is 30.5 Å². The van der Waals surface area contributed by atoms with E-state index in [1.807, 2.05) is 12.1 Å². The number of piperidine rings is 1. The highest BCUT2D eigenvalue weighted by Gasteiger charge is 2.23. The number of rotatable bonds is 7. The molecule has 1 aromatic heterocycles. The second kappa shape index (κ2) is 9.44. The molecule has 0 radical (unpaired) electrons. The van der Waals surface area contributed by atoms with Crippen molar-refractivity contribution in [2.45, 2.75) is 37.6 Å². The Morgan fingerprint density at radius 2 is 1.39 bits per heavy atom. The summed E-state index contributed by atoms with van der Waals surface area (Å²) in [5.74, 6) is 0.474. The average Bonchev–Trinajstić information content (AvgIpc) is 3.28. The van der Waals surface area contributed by atoms with Crippen molar-refractivity contribution in [3.8, 4) is 0 Å². The van der Waals surface area contributed by atoms with Crippen LogP contribution in [0.15, 0.2) is 84.9 Å². The zero-order valence-electron chi connectivity index (χ0n) is 18.0. The van der Waals surface area contributed by atoms with Crippen molar-refractivity contribution in [2.75, 3.05) is 19.6 Å². The summed E-state index contributed by atoms with van der Waals surface area (Å²) in [6.45, 7) is 3.45. The maximum absolute atomic E-state index is 4.44. The molecule has 1 aliphatic rings. The predicted octanol–water partition coefficient (Wildman–Crippen LogP) is 5.68. The second-order valence-electron chi connectivity index (χ2n) is 8.61. The first-order valence-electron chi connectivity index (χ1n) is 11.5. The van der Waals surface area contributed by atoms with Gasteiger partial charge in [-0.15, -0.1) is 5.10 Å². The van der Waals surface area contributed by atoms with Crippen molar-refractivity contribution in [3.05, 3.63) is 96.1 Å². The van der Waals surface area contributed by atoms with Crippen LogP contribution in [0.2, 0.25) is 0 Å². The van der Waals surface area contributed by atoms with E-state index < -0.39 is 0 Å². The Bertz CT molecular complexity index is 1040. The van der Waals surface area contributed by atoms with Crippen molar-refractivity contribution in [1.82, 2.24) is 19.9 Å². The van der Waals surface area contributed by atoms with Gasteiger partial charge in [-0.3, -0.25) is 0 Å². The molecule has 1 saturated heterocycles. The quantitative estimate of drug-likeness (QED) is 0.393. The van der Waals surface area contributed by atoms with Crippen LogP contribution in [0, 0.1) is 0 Å². The molecule has 31 heavy (non-hydrogen) atoms. The highest BCUT2D eigenvalue weighted by molar-refractivity contribution is 5.73. The van der Waals surface area contributed by atoms with Gasteiger partial charge in [0.15, 0.2) is 0 Å². The fourth-order valence-electron chi connectivity index (χ4n) is 4.96. The van der Waals surface area contributed by atoms with Crippen LogP contribution in [0.4, 0.5) is 0 Å². The summed E-state index contributed by atoms with van der Waals surface area (Å²) in [5, 5.41) is 8.78. The number of likely N-dealkylation sites (tertiary alicyclic amines) is 1. The molecule has 5 rings (SSSR count). The van der Waals surface area contributed by atoms with E-state index in [1.54, 1.807) is 0 Å². The largest absolute Gasteiger partial charge is 0.303 e. The Morgan fingerprint density at radius 3 is 2.06 bits per heavy atom. The first-order chi connectivity index (χ1) is 15.4. The lowest BCUT2D eigenvalue weighted by molar-refractivity contribution is 0.178. The van der Waals surface area contributed by atoms with Crippen LogP contribution in [0.3, 0.4) is 0 Å². The minimum absolute atomic E-state index is 0.463. The molecule has 0 spiro atoms. The molecule has 3 aromatic carbocycles. The number of fused-ring (bicyclic) bond motifs is 1. The fraction of sp³-hybridized carbons (Fsp3) is 0.333. The molecule has 0 aliphatic carbocycles. The summed E-state index contributed by atoms with van der Waals surface area (Å²) in [5.41, 5.74) is 5.00. The standard InChI is InChI=1S/C27H30N4/c1-3-10-22(11-4-1)25(23-12-5-2-6-13-23)14-9-19-30-20-17-24(18-21-30)31-27-16-8-7-15-26(27)28-29-31/h1-8,10-13,15-16,24-25H,9,14,17-21H2. The Kier molecular flexibility index (Phi) is 6.08. The van der Waals surface area contributed by atoms with Gasteiger partial charge in [0.1, 0.15) is 5.52 Å². The highest BCUT2D eigenvalue weighted by atomic mass is 15.4. The Labute approximate surface area is 184 Å². The number of para-hydroxylation sites is 1.